The zero-order valence-corrected chi connectivity index (χ0v) is 17.7. The Morgan fingerprint density at radius 3 is 2.56 bits per heavy atom. The van der Waals surface area contributed by atoms with E-state index < -0.39 is 0 Å². The Morgan fingerprint density at radius 2 is 1.78 bits per heavy atom. The first-order chi connectivity index (χ1) is 15.8. The lowest BCUT2D eigenvalue weighted by atomic mass is 9.92. The van der Waals surface area contributed by atoms with Crippen LogP contribution >= 0.6 is 0 Å². The van der Waals surface area contributed by atoms with Crippen molar-refractivity contribution in [1.29, 1.82) is 0 Å². The van der Waals surface area contributed by atoms with Gasteiger partial charge in [-0.05, 0) is 73.2 Å². The molecule has 162 valence electrons. The molecule has 7 heteroatoms. The maximum absolute atomic E-state index is 13.3. The molecule has 1 aliphatic heterocycles. The van der Waals surface area contributed by atoms with Gasteiger partial charge in [0.25, 0.3) is 5.89 Å². The second-order valence-corrected chi connectivity index (χ2v) is 8.04. The summed E-state index contributed by atoms with van der Waals surface area (Å²) in [7, 11) is 0. The number of pyridine rings is 2. The van der Waals surface area contributed by atoms with E-state index in [1.807, 2.05) is 30.6 Å². The van der Waals surface area contributed by atoms with Crippen molar-refractivity contribution in [3.05, 3.63) is 89.9 Å². The summed E-state index contributed by atoms with van der Waals surface area (Å²) in [6.45, 7) is 2.05. The number of benzene rings is 1. The van der Waals surface area contributed by atoms with E-state index in [1.165, 1.54) is 31.4 Å². The molecular formula is C25H24FN5O. The maximum Gasteiger partial charge on any atom is 0.257 e. The number of hydrogen-bond acceptors (Lipinski definition) is 6. The van der Waals surface area contributed by atoms with Gasteiger partial charge in [-0.3, -0.25) is 4.98 Å². The first-order valence-corrected chi connectivity index (χ1v) is 11.0. The summed E-state index contributed by atoms with van der Waals surface area (Å²) >= 11 is 0. The lowest BCUT2D eigenvalue weighted by Crippen LogP contribution is -2.31. The molecule has 1 aromatic carbocycles. The second kappa shape index (κ2) is 9.26. The summed E-state index contributed by atoms with van der Waals surface area (Å²) < 4.78 is 18.9. The van der Waals surface area contributed by atoms with Gasteiger partial charge >= 0.3 is 0 Å². The smallest absolute Gasteiger partial charge is 0.257 e. The van der Waals surface area contributed by atoms with E-state index in [9.17, 15) is 4.39 Å². The third kappa shape index (κ3) is 4.37. The van der Waals surface area contributed by atoms with Crippen LogP contribution in [-0.2, 0) is 6.42 Å². The van der Waals surface area contributed by atoms with Crippen molar-refractivity contribution in [3.63, 3.8) is 0 Å². The average molecular weight is 429 g/mol. The Balaban J connectivity index is 1.49. The van der Waals surface area contributed by atoms with Crippen molar-refractivity contribution in [3.8, 4) is 11.5 Å². The quantitative estimate of drug-likeness (QED) is 0.428. The van der Waals surface area contributed by atoms with Crippen LogP contribution in [0, 0.1) is 5.82 Å². The van der Waals surface area contributed by atoms with E-state index in [4.69, 9.17) is 9.51 Å². The highest BCUT2D eigenvalue weighted by molar-refractivity contribution is 5.53. The minimum Gasteiger partial charge on any atom is -0.356 e. The zero-order chi connectivity index (χ0) is 21.8. The topological polar surface area (TPSA) is 67.9 Å². The fourth-order valence-corrected chi connectivity index (χ4v) is 4.23. The van der Waals surface area contributed by atoms with Crippen LogP contribution in [0.3, 0.4) is 0 Å². The molecule has 6 nitrogen and oxygen atoms in total. The molecule has 1 unspecified atom stereocenters. The van der Waals surface area contributed by atoms with E-state index in [2.05, 4.69) is 26.1 Å². The molecular weight excluding hydrogens is 405 g/mol. The Hall–Kier alpha value is -3.61. The van der Waals surface area contributed by atoms with E-state index >= 15 is 0 Å². The van der Waals surface area contributed by atoms with Crippen LogP contribution in [0.25, 0.3) is 11.5 Å². The number of aromatic nitrogens is 4. The normalized spacial score (nSPS) is 15.0. The predicted molar refractivity (Wildman–Crippen MR) is 120 cm³/mol. The van der Waals surface area contributed by atoms with Crippen molar-refractivity contribution in [2.75, 3.05) is 18.0 Å². The van der Waals surface area contributed by atoms with Crippen LogP contribution in [0.1, 0.15) is 42.1 Å². The Morgan fingerprint density at radius 1 is 0.969 bits per heavy atom. The molecule has 1 saturated heterocycles. The third-order valence-corrected chi connectivity index (χ3v) is 5.88. The lowest BCUT2D eigenvalue weighted by molar-refractivity contribution is 0.418. The van der Waals surface area contributed by atoms with Crippen molar-refractivity contribution in [2.24, 2.45) is 0 Å². The third-order valence-electron chi connectivity index (χ3n) is 5.88. The molecule has 1 fully saturated rings. The van der Waals surface area contributed by atoms with E-state index in [-0.39, 0.29) is 11.7 Å². The maximum atomic E-state index is 13.3. The average Bonchev–Trinajstić information content (AvgIpc) is 3.34. The summed E-state index contributed by atoms with van der Waals surface area (Å²) in [6, 6.07) is 14.1. The molecule has 5 rings (SSSR count). The van der Waals surface area contributed by atoms with Crippen LogP contribution in [0.4, 0.5) is 10.2 Å². The van der Waals surface area contributed by atoms with Gasteiger partial charge in [-0.1, -0.05) is 17.3 Å². The summed E-state index contributed by atoms with van der Waals surface area (Å²) in [6.07, 6.45) is 9.77. The molecule has 0 radical (unpaired) electrons. The number of anilines is 1. The van der Waals surface area contributed by atoms with Gasteiger partial charge in [0, 0.05) is 37.2 Å². The van der Waals surface area contributed by atoms with Gasteiger partial charge < -0.3 is 9.42 Å². The monoisotopic (exact) mass is 429 g/mol. The van der Waals surface area contributed by atoms with Crippen LogP contribution < -0.4 is 4.90 Å². The van der Waals surface area contributed by atoms with Gasteiger partial charge in [-0.2, -0.15) is 4.98 Å². The first kappa shape index (κ1) is 20.3. The SMILES string of the molecule is Fc1ccc(-c2nc(C(Cc3cccnc3N3CCCCC3)c3cccnc3)no2)cc1. The minimum atomic E-state index is -0.302. The van der Waals surface area contributed by atoms with Gasteiger partial charge in [0.15, 0.2) is 5.82 Å². The summed E-state index contributed by atoms with van der Waals surface area (Å²) in [5.41, 5.74) is 2.84. The summed E-state index contributed by atoms with van der Waals surface area (Å²) in [4.78, 5) is 16.1. The Kier molecular flexibility index (Phi) is 5.87. The molecule has 0 saturated carbocycles. The zero-order valence-electron chi connectivity index (χ0n) is 17.7. The summed E-state index contributed by atoms with van der Waals surface area (Å²) in [5, 5.41) is 4.29. The van der Waals surface area contributed by atoms with Gasteiger partial charge in [-0.25, -0.2) is 9.37 Å². The number of rotatable bonds is 6. The van der Waals surface area contributed by atoms with E-state index in [1.54, 1.807) is 18.3 Å². The van der Waals surface area contributed by atoms with Crippen LogP contribution in [0.15, 0.2) is 71.6 Å². The molecule has 0 aliphatic carbocycles. The standard InChI is InChI=1S/C25H24FN5O/c26-21-10-8-18(9-11-21)25-29-23(30-32-25)22(20-7-4-12-27-17-20)16-19-6-5-13-28-24(19)31-14-2-1-3-15-31/h4-13,17,22H,1-3,14-16H2. The van der Waals surface area contributed by atoms with Gasteiger partial charge in [0.05, 0.1) is 5.92 Å². The molecule has 0 amide bonds. The molecule has 1 atom stereocenters. The van der Waals surface area contributed by atoms with Gasteiger partial charge in [0.1, 0.15) is 11.6 Å². The van der Waals surface area contributed by atoms with Crippen molar-refractivity contribution in [1.82, 2.24) is 20.1 Å². The molecule has 0 bridgehead atoms. The fraction of sp³-hybridized carbons (Fsp3) is 0.280. The number of hydrogen-bond donors (Lipinski definition) is 0. The van der Waals surface area contributed by atoms with Crippen LogP contribution in [-0.4, -0.2) is 33.2 Å². The second-order valence-electron chi connectivity index (χ2n) is 8.04. The molecule has 32 heavy (non-hydrogen) atoms. The van der Waals surface area contributed by atoms with Crippen molar-refractivity contribution in [2.45, 2.75) is 31.6 Å². The molecule has 0 spiro atoms. The molecule has 4 heterocycles. The van der Waals surface area contributed by atoms with Crippen molar-refractivity contribution >= 4 is 5.82 Å². The highest BCUT2D eigenvalue weighted by Gasteiger charge is 2.25. The van der Waals surface area contributed by atoms with Gasteiger partial charge in [-0.15, -0.1) is 0 Å². The van der Waals surface area contributed by atoms with Crippen LogP contribution in [0.2, 0.25) is 0 Å². The molecule has 1 aliphatic rings. The number of piperidine rings is 1. The highest BCUT2D eigenvalue weighted by atomic mass is 19.1. The summed E-state index contributed by atoms with van der Waals surface area (Å²) in [5.74, 6) is 1.53. The van der Waals surface area contributed by atoms with Crippen LogP contribution in [0.5, 0.6) is 0 Å². The number of halogens is 1. The molecule has 4 aromatic rings. The fourth-order valence-electron chi connectivity index (χ4n) is 4.23. The minimum absolute atomic E-state index is 0.144. The lowest BCUT2D eigenvalue weighted by Gasteiger charge is -2.30. The van der Waals surface area contributed by atoms with Gasteiger partial charge in [0.2, 0.25) is 0 Å². The van der Waals surface area contributed by atoms with Crippen molar-refractivity contribution < 1.29 is 8.91 Å². The van der Waals surface area contributed by atoms with E-state index in [0.29, 0.717) is 23.7 Å². The first-order valence-electron chi connectivity index (χ1n) is 11.0. The highest BCUT2D eigenvalue weighted by Crippen LogP contribution is 2.32. The molecule has 0 N–H and O–H groups in total. The predicted octanol–water partition coefficient (Wildman–Crippen LogP) is 5.03. The van der Waals surface area contributed by atoms with E-state index in [0.717, 1.165) is 30.0 Å². The Labute approximate surface area is 186 Å². The largest absolute Gasteiger partial charge is 0.356 e. The molecule has 3 aromatic heterocycles. The Bertz CT molecular complexity index is 1160. The number of nitrogens with zero attached hydrogens (tertiary/aromatic N) is 5.